The van der Waals surface area contributed by atoms with Gasteiger partial charge in [0.05, 0.1) is 27.5 Å². The number of benzene rings is 2. The van der Waals surface area contributed by atoms with Gasteiger partial charge in [-0.1, -0.05) is 12.1 Å². The van der Waals surface area contributed by atoms with Crippen LogP contribution in [0, 0.1) is 0 Å². The topological polar surface area (TPSA) is 69.9 Å². The number of ether oxygens (including phenoxy) is 3. The Bertz CT molecular complexity index is 1120. The quantitative estimate of drug-likeness (QED) is 0.514. The van der Waals surface area contributed by atoms with Gasteiger partial charge in [0.15, 0.2) is 17.1 Å². The standard InChI is InChI=1S/C22H22N4O3/c1-27-17-7-4-15(5-8-17)13-24-22-21(25-20-14-23-10-11-26(20)22)16-6-9-18(28-2)19(12-16)29-3/h4-12,14,24H,13H2,1-3H3. The number of anilines is 1. The smallest absolute Gasteiger partial charge is 0.161 e. The van der Waals surface area contributed by atoms with Gasteiger partial charge in [-0.05, 0) is 35.9 Å². The van der Waals surface area contributed by atoms with E-state index in [1.165, 1.54) is 0 Å². The number of fused-ring (bicyclic) bond motifs is 1. The van der Waals surface area contributed by atoms with Crippen LogP contribution in [0.4, 0.5) is 5.82 Å². The summed E-state index contributed by atoms with van der Waals surface area (Å²) in [5.74, 6) is 3.04. The van der Waals surface area contributed by atoms with Gasteiger partial charge in [0.2, 0.25) is 0 Å². The van der Waals surface area contributed by atoms with E-state index in [1.807, 2.05) is 53.1 Å². The Hall–Kier alpha value is -3.74. The predicted octanol–water partition coefficient (Wildman–Crippen LogP) is 4.03. The lowest BCUT2D eigenvalue weighted by Crippen LogP contribution is -2.03. The number of methoxy groups -OCH3 is 3. The highest BCUT2D eigenvalue weighted by Gasteiger charge is 2.16. The number of nitrogens with one attached hydrogen (secondary N) is 1. The molecule has 4 aromatic rings. The second-order valence-electron chi connectivity index (χ2n) is 6.38. The zero-order valence-corrected chi connectivity index (χ0v) is 16.5. The summed E-state index contributed by atoms with van der Waals surface area (Å²) in [4.78, 5) is 8.96. The number of aromatic nitrogens is 3. The van der Waals surface area contributed by atoms with E-state index in [0.717, 1.165) is 34.0 Å². The Morgan fingerprint density at radius 2 is 1.72 bits per heavy atom. The van der Waals surface area contributed by atoms with Crippen molar-refractivity contribution in [1.82, 2.24) is 14.4 Å². The molecule has 0 aliphatic rings. The third-order valence-electron chi connectivity index (χ3n) is 4.71. The van der Waals surface area contributed by atoms with Gasteiger partial charge >= 0.3 is 0 Å². The van der Waals surface area contributed by atoms with E-state index in [-0.39, 0.29) is 0 Å². The van der Waals surface area contributed by atoms with Crippen molar-refractivity contribution in [3.8, 4) is 28.5 Å². The normalized spacial score (nSPS) is 10.7. The summed E-state index contributed by atoms with van der Waals surface area (Å²) in [6.45, 7) is 0.639. The predicted molar refractivity (Wildman–Crippen MR) is 112 cm³/mol. The Kier molecular flexibility index (Phi) is 5.20. The number of rotatable bonds is 7. The lowest BCUT2D eigenvalue weighted by Gasteiger charge is -2.11. The maximum absolute atomic E-state index is 5.46. The molecule has 4 rings (SSSR count). The van der Waals surface area contributed by atoms with Crippen LogP contribution in [0.25, 0.3) is 16.9 Å². The maximum atomic E-state index is 5.46. The molecule has 7 heteroatoms. The average molecular weight is 390 g/mol. The monoisotopic (exact) mass is 390 g/mol. The third kappa shape index (κ3) is 3.67. The summed E-state index contributed by atoms with van der Waals surface area (Å²) < 4.78 is 18.0. The molecule has 0 unspecified atom stereocenters. The Morgan fingerprint density at radius 3 is 2.45 bits per heavy atom. The molecule has 0 spiro atoms. The number of hydrogen-bond donors (Lipinski definition) is 1. The van der Waals surface area contributed by atoms with Crippen LogP contribution in [0.15, 0.2) is 61.1 Å². The molecule has 148 valence electrons. The molecule has 0 saturated heterocycles. The summed E-state index contributed by atoms with van der Waals surface area (Å²) >= 11 is 0. The second-order valence-corrected chi connectivity index (χ2v) is 6.38. The molecule has 0 bridgehead atoms. The molecule has 0 aliphatic carbocycles. The third-order valence-corrected chi connectivity index (χ3v) is 4.71. The maximum Gasteiger partial charge on any atom is 0.161 e. The van der Waals surface area contributed by atoms with Crippen molar-refractivity contribution in [2.75, 3.05) is 26.6 Å². The van der Waals surface area contributed by atoms with Crippen LogP contribution in [0.5, 0.6) is 17.2 Å². The first-order valence-electron chi connectivity index (χ1n) is 9.14. The molecule has 7 nitrogen and oxygen atoms in total. The summed E-state index contributed by atoms with van der Waals surface area (Å²) in [7, 11) is 4.91. The first-order valence-corrected chi connectivity index (χ1v) is 9.14. The van der Waals surface area contributed by atoms with Gasteiger partial charge in [-0.25, -0.2) is 4.98 Å². The minimum atomic E-state index is 0.639. The van der Waals surface area contributed by atoms with Crippen LogP contribution in [-0.4, -0.2) is 35.7 Å². The highest BCUT2D eigenvalue weighted by molar-refractivity contribution is 5.77. The van der Waals surface area contributed by atoms with Crippen molar-refractivity contribution in [2.24, 2.45) is 0 Å². The molecule has 0 radical (unpaired) electrons. The van der Waals surface area contributed by atoms with Gasteiger partial charge in [0.25, 0.3) is 0 Å². The Morgan fingerprint density at radius 1 is 0.931 bits per heavy atom. The minimum Gasteiger partial charge on any atom is -0.497 e. The van der Waals surface area contributed by atoms with Crippen molar-refractivity contribution >= 4 is 11.5 Å². The van der Waals surface area contributed by atoms with Gasteiger partial charge in [-0.3, -0.25) is 9.38 Å². The Labute approximate surface area is 168 Å². The number of hydrogen-bond acceptors (Lipinski definition) is 6. The number of imidazole rings is 1. The van der Waals surface area contributed by atoms with Crippen LogP contribution in [0.3, 0.4) is 0 Å². The van der Waals surface area contributed by atoms with Gasteiger partial charge in [-0.15, -0.1) is 0 Å². The van der Waals surface area contributed by atoms with Crippen molar-refractivity contribution < 1.29 is 14.2 Å². The summed E-state index contributed by atoms with van der Waals surface area (Å²) in [5.41, 5.74) is 3.62. The van der Waals surface area contributed by atoms with Crippen LogP contribution >= 0.6 is 0 Å². The lowest BCUT2D eigenvalue weighted by molar-refractivity contribution is 0.355. The van der Waals surface area contributed by atoms with Crippen molar-refractivity contribution in [1.29, 1.82) is 0 Å². The van der Waals surface area contributed by atoms with Gasteiger partial charge in [0.1, 0.15) is 17.3 Å². The fourth-order valence-electron chi connectivity index (χ4n) is 3.19. The van der Waals surface area contributed by atoms with E-state index in [2.05, 4.69) is 10.3 Å². The van der Waals surface area contributed by atoms with E-state index in [0.29, 0.717) is 18.0 Å². The van der Waals surface area contributed by atoms with E-state index in [1.54, 1.807) is 33.7 Å². The average Bonchev–Trinajstić information content (AvgIpc) is 3.16. The Balaban J connectivity index is 1.72. The highest BCUT2D eigenvalue weighted by atomic mass is 16.5. The lowest BCUT2D eigenvalue weighted by atomic mass is 10.1. The molecule has 2 aromatic heterocycles. The molecule has 1 N–H and O–H groups in total. The molecule has 29 heavy (non-hydrogen) atoms. The number of nitrogens with zero attached hydrogens (tertiary/aromatic N) is 3. The molecule has 0 aliphatic heterocycles. The molecular weight excluding hydrogens is 368 g/mol. The molecule has 0 fully saturated rings. The van der Waals surface area contributed by atoms with Crippen molar-refractivity contribution in [3.63, 3.8) is 0 Å². The molecular formula is C22H22N4O3. The zero-order chi connectivity index (χ0) is 20.2. The molecule has 0 amide bonds. The van der Waals surface area contributed by atoms with E-state index in [4.69, 9.17) is 19.2 Å². The largest absolute Gasteiger partial charge is 0.497 e. The minimum absolute atomic E-state index is 0.639. The molecule has 2 heterocycles. The molecule has 0 atom stereocenters. The van der Waals surface area contributed by atoms with E-state index < -0.39 is 0 Å². The van der Waals surface area contributed by atoms with Crippen LogP contribution in [-0.2, 0) is 6.54 Å². The fraction of sp³-hybridized carbons (Fsp3) is 0.182. The van der Waals surface area contributed by atoms with Gasteiger partial charge in [0, 0.05) is 24.5 Å². The van der Waals surface area contributed by atoms with Crippen molar-refractivity contribution in [3.05, 3.63) is 66.6 Å². The van der Waals surface area contributed by atoms with E-state index >= 15 is 0 Å². The zero-order valence-electron chi connectivity index (χ0n) is 16.5. The first-order chi connectivity index (χ1) is 14.2. The van der Waals surface area contributed by atoms with Gasteiger partial charge in [-0.2, -0.15) is 0 Å². The summed E-state index contributed by atoms with van der Waals surface area (Å²) in [6, 6.07) is 13.7. The first kappa shape index (κ1) is 18.6. The van der Waals surface area contributed by atoms with E-state index in [9.17, 15) is 0 Å². The second kappa shape index (κ2) is 8.10. The van der Waals surface area contributed by atoms with Crippen LogP contribution in [0.2, 0.25) is 0 Å². The van der Waals surface area contributed by atoms with Gasteiger partial charge < -0.3 is 19.5 Å². The highest BCUT2D eigenvalue weighted by Crippen LogP contribution is 2.35. The molecule has 2 aromatic carbocycles. The molecule has 0 saturated carbocycles. The van der Waals surface area contributed by atoms with Crippen LogP contribution < -0.4 is 19.5 Å². The van der Waals surface area contributed by atoms with Crippen LogP contribution in [0.1, 0.15) is 5.56 Å². The van der Waals surface area contributed by atoms with Crippen molar-refractivity contribution in [2.45, 2.75) is 6.54 Å². The fourth-order valence-corrected chi connectivity index (χ4v) is 3.19. The summed E-state index contributed by atoms with van der Waals surface area (Å²) in [6.07, 6.45) is 5.37. The summed E-state index contributed by atoms with van der Waals surface area (Å²) in [5, 5.41) is 3.51. The SMILES string of the molecule is COc1ccc(CNc2c(-c3ccc(OC)c(OC)c3)nc3cnccn23)cc1.